The monoisotopic (exact) mass is 441 g/mol. The standard InChI is InChI=1S/C23H23NO8/c1-27-16-7-5-6-14(8-16)12-31-21-13-32-20(11-17(21)25)23(26)24-15-9-18(28-2)22(30-4)19(10-15)29-3/h5-11,13H,12H2,1-4H3,(H,24,26). The first-order valence-corrected chi connectivity index (χ1v) is 9.49. The predicted octanol–water partition coefficient (Wildman–Crippen LogP) is 3.51. The number of carbonyl (C=O) groups excluding carboxylic acids is 1. The zero-order chi connectivity index (χ0) is 23.1. The second-order valence-electron chi connectivity index (χ2n) is 6.48. The number of amides is 1. The maximum absolute atomic E-state index is 12.6. The molecule has 0 aliphatic carbocycles. The van der Waals surface area contributed by atoms with Crippen LogP contribution in [0.15, 0.2) is 57.9 Å². The lowest BCUT2D eigenvalue weighted by Gasteiger charge is -2.14. The summed E-state index contributed by atoms with van der Waals surface area (Å²) < 4.78 is 31.8. The van der Waals surface area contributed by atoms with Gasteiger partial charge in [-0.2, -0.15) is 0 Å². The van der Waals surface area contributed by atoms with Crippen LogP contribution in [-0.4, -0.2) is 34.3 Å². The van der Waals surface area contributed by atoms with E-state index in [0.717, 1.165) is 17.9 Å². The van der Waals surface area contributed by atoms with E-state index in [4.69, 9.17) is 28.1 Å². The SMILES string of the molecule is COc1cccc(COc2coc(C(=O)Nc3cc(OC)c(OC)c(OC)c3)cc2=O)c1. The Bertz CT molecular complexity index is 1130. The molecule has 0 bridgehead atoms. The molecule has 0 saturated heterocycles. The highest BCUT2D eigenvalue weighted by Gasteiger charge is 2.17. The first kappa shape index (κ1) is 22.5. The van der Waals surface area contributed by atoms with E-state index in [9.17, 15) is 9.59 Å². The van der Waals surface area contributed by atoms with Gasteiger partial charge in [-0.1, -0.05) is 12.1 Å². The molecule has 0 spiro atoms. The Morgan fingerprint density at radius 3 is 2.22 bits per heavy atom. The number of ether oxygens (including phenoxy) is 5. The summed E-state index contributed by atoms with van der Waals surface area (Å²) in [6, 6.07) is 11.4. The van der Waals surface area contributed by atoms with Gasteiger partial charge in [0.25, 0.3) is 5.91 Å². The average molecular weight is 441 g/mol. The van der Waals surface area contributed by atoms with Crippen LogP contribution in [0.3, 0.4) is 0 Å². The molecule has 1 heterocycles. The summed E-state index contributed by atoms with van der Waals surface area (Å²) in [6.45, 7) is 0.138. The van der Waals surface area contributed by atoms with Gasteiger partial charge in [0.1, 0.15) is 18.6 Å². The van der Waals surface area contributed by atoms with E-state index in [-0.39, 0.29) is 18.1 Å². The van der Waals surface area contributed by atoms with E-state index in [0.29, 0.717) is 28.7 Å². The van der Waals surface area contributed by atoms with Gasteiger partial charge < -0.3 is 33.4 Å². The summed E-state index contributed by atoms with van der Waals surface area (Å²) in [5.41, 5.74) is 0.688. The lowest BCUT2D eigenvalue weighted by Crippen LogP contribution is -2.16. The van der Waals surface area contributed by atoms with Crippen molar-refractivity contribution >= 4 is 11.6 Å². The van der Waals surface area contributed by atoms with Gasteiger partial charge >= 0.3 is 0 Å². The van der Waals surface area contributed by atoms with Gasteiger partial charge in [-0.3, -0.25) is 9.59 Å². The number of methoxy groups -OCH3 is 4. The van der Waals surface area contributed by atoms with Gasteiger partial charge in [-0.15, -0.1) is 0 Å². The van der Waals surface area contributed by atoms with Crippen molar-refractivity contribution in [3.8, 4) is 28.7 Å². The normalized spacial score (nSPS) is 10.2. The van der Waals surface area contributed by atoms with Crippen LogP contribution >= 0.6 is 0 Å². The highest BCUT2D eigenvalue weighted by Crippen LogP contribution is 2.40. The van der Waals surface area contributed by atoms with Crippen LogP contribution in [0, 0.1) is 0 Å². The summed E-state index contributed by atoms with van der Waals surface area (Å²) in [6.07, 6.45) is 1.10. The Morgan fingerprint density at radius 2 is 1.62 bits per heavy atom. The van der Waals surface area contributed by atoms with Crippen LogP contribution in [-0.2, 0) is 6.61 Å². The molecule has 9 heteroatoms. The molecule has 0 fully saturated rings. The van der Waals surface area contributed by atoms with Gasteiger partial charge in [-0.25, -0.2) is 0 Å². The first-order chi connectivity index (χ1) is 15.5. The molecule has 32 heavy (non-hydrogen) atoms. The molecule has 0 atom stereocenters. The lowest BCUT2D eigenvalue weighted by atomic mass is 10.2. The van der Waals surface area contributed by atoms with Crippen molar-refractivity contribution in [1.82, 2.24) is 0 Å². The second kappa shape index (κ2) is 10.3. The summed E-state index contributed by atoms with van der Waals surface area (Å²) in [5, 5.41) is 2.63. The average Bonchev–Trinajstić information content (AvgIpc) is 2.82. The quantitative estimate of drug-likeness (QED) is 0.538. The smallest absolute Gasteiger partial charge is 0.291 e. The van der Waals surface area contributed by atoms with Crippen molar-refractivity contribution in [3.63, 3.8) is 0 Å². The van der Waals surface area contributed by atoms with Crippen molar-refractivity contribution in [2.45, 2.75) is 6.61 Å². The number of rotatable bonds is 9. The first-order valence-electron chi connectivity index (χ1n) is 9.49. The second-order valence-corrected chi connectivity index (χ2v) is 6.48. The maximum atomic E-state index is 12.6. The number of benzene rings is 2. The van der Waals surface area contributed by atoms with Crippen LogP contribution in [0.5, 0.6) is 28.7 Å². The Kier molecular flexibility index (Phi) is 7.22. The lowest BCUT2D eigenvalue weighted by molar-refractivity contribution is 0.0993. The Balaban J connectivity index is 1.73. The molecule has 0 aliphatic rings. The molecule has 0 radical (unpaired) electrons. The maximum Gasteiger partial charge on any atom is 0.291 e. The molecule has 1 aromatic heterocycles. The van der Waals surface area contributed by atoms with Crippen LogP contribution in [0.25, 0.3) is 0 Å². The van der Waals surface area contributed by atoms with Gasteiger partial charge in [0, 0.05) is 23.9 Å². The number of carbonyl (C=O) groups is 1. The topological polar surface area (TPSA) is 105 Å². The zero-order valence-electron chi connectivity index (χ0n) is 18.1. The molecule has 3 aromatic rings. The minimum atomic E-state index is -0.629. The summed E-state index contributed by atoms with van der Waals surface area (Å²) in [5.74, 6) is 0.967. The Hall–Kier alpha value is -4.14. The third-order valence-electron chi connectivity index (χ3n) is 4.47. The van der Waals surface area contributed by atoms with E-state index >= 15 is 0 Å². The largest absolute Gasteiger partial charge is 0.497 e. The Morgan fingerprint density at radius 1 is 0.906 bits per heavy atom. The zero-order valence-corrected chi connectivity index (χ0v) is 18.1. The molecule has 9 nitrogen and oxygen atoms in total. The molecule has 3 rings (SSSR count). The fraction of sp³-hybridized carbons (Fsp3) is 0.217. The van der Waals surface area contributed by atoms with Crippen LogP contribution < -0.4 is 34.4 Å². The molecular formula is C23H23NO8. The molecule has 0 saturated carbocycles. The van der Waals surface area contributed by atoms with E-state index in [1.807, 2.05) is 12.1 Å². The highest BCUT2D eigenvalue weighted by molar-refractivity contribution is 6.02. The molecule has 168 valence electrons. The highest BCUT2D eigenvalue weighted by atomic mass is 16.5. The Labute approximate surface area is 184 Å². The number of hydrogen-bond donors (Lipinski definition) is 1. The van der Waals surface area contributed by atoms with Crippen LogP contribution in [0.1, 0.15) is 16.1 Å². The summed E-state index contributed by atoms with van der Waals surface area (Å²) >= 11 is 0. The summed E-state index contributed by atoms with van der Waals surface area (Å²) in [4.78, 5) is 24.9. The molecule has 0 aliphatic heterocycles. The van der Waals surface area contributed by atoms with Crippen molar-refractivity contribution in [2.75, 3.05) is 33.8 Å². The third kappa shape index (κ3) is 5.12. The molecule has 1 amide bonds. The molecule has 2 aromatic carbocycles. The number of anilines is 1. The minimum absolute atomic E-state index is 0.0165. The molecule has 0 unspecified atom stereocenters. The van der Waals surface area contributed by atoms with E-state index < -0.39 is 11.3 Å². The van der Waals surface area contributed by atoms with Gasteiger partial charge in [-0.05, 0) is 17.7 Å². The van der Waals surface area contributed by atoms with E-state index in [1.165, 1.54) is 21.3 Å². The van der Waals surface area contributed by atoms with Crippen LogP contribution in [0.2, 0.25) is 0 Å². The fourth-order valence-electron chi connectivity index (χ4n) is 2.89. The van der Waals surface area contributed by atoms with E-state index in [1.54, 1.807) is 31.4 Å². The van der Waals surface area contributed by atoms with Crippen molar-refractivity contribution in [3.05, 3.63) is 70.3 Å². The van der Waals surface area contributed by atoms with Crippen molar-refractivity contribution in [2.24, 2.45) is 0 Å². The summed E-state index contributed by atoms with van der Waals surface area (Å²) in [7, 11) is 5.97. The minimum Gasteiger partial charge on any atom is -0.497 e. The number of nitrogens with one attached hydrogen (secondary N) is 1. The van der Waals surface area contributed by atoms with E-state index in [2.05, 4.69) is 5.32 Å². The third-order valence-corrected chi connectivity index (χ3v) is 4.47. The van der Waals surface area contributed by atoms with Gasteiger partial charge in [0.2, 0.25) is 16.9 Å². The van der Waals surface area contributed by atoms with Crippen molar-refractivity contribution in [1.29, 1.82) is 0 Å². The predicted molar refractivity (Wildman–Crippen MR) is 116 cm³/mol. The molecular weight excluding hydrogens is 418 g/mol. The van der Waals surface area contributed by atoms with Gasteiger partial charge in [0.15, 0.2) is 17.3 Å². The fourth-order valence-corrected chi connectivity index (χ4v) is 2.89. The van der Waals surface area contributed by atoms with Crippen LogP contribution in [0.4, 0.5) is 5.69 Å². The number of hydrogen-bond acceptors (Lipinski definition) is 8. The van der Waals surface area contributed by atoms with Gasteiger partial charge in [0.05, 0.1) is 28.4 Å². The molecule has 1 N–H and O–H groups in total. The van der Waals surface area contributed by atoms with Crippen molar-refractivity contribution < 1.29 is 32.9 Å².